The number of benzene rings is 2. The van der Waals surface area contributed by atoms with Crippen molar-refractivity contribution in [3.8, 4) is 17.3 Å². The number of piperidine rings is 1. The number of nitrogens with zero attached hydrogens (tertiary/aromatic N) is 4. The van der Waals surface area contributed by atoms with Crippen molar-refractivity contribution in [2.75, 3.05) is 32.7 Å². The lowest BCUT2D eigenvalue weighted by Crippen LogP contribution is -2.42. The molecule has 0 unspecified atom stereocenters. The molecule has 0 spiro atoms. The van der Waals surface area contributed by atoms with Gasteiger partial charge in [-0.2, -0.15) is 18.4 Å². The number of hydrogen-bond acceptors (Lipinski definition) is 5. The van der Waals surface area contributed by atoms with Gasteiger partial charge in [-0.15, -0.1) is 0 Å². The van der Waals surface area contributed by atoms with Crippen LogP contribution in [0.5, 0.6) is 0 Å². The second kappa shape index (κ2) is 11.3. The summed E-state index contributed by atoms with van der Waals surface area (Å²) in [6.45, 7) is 6.89. The topological polar surface area (TPSA) is 56.3 Å². The quantitative estimate of drug-likeness (QED) is 0.357. The zero-order valence-electron chi connectivity index (χ0n) is 20.5. The number of nitriles is 1. The molecule has 4 rings (SSSR count). The molecule has 5 nitrogen and oxygen atoms in total. The lowest BCUT2D eigenvalue weighted by Gasteiger charge is -2.37. The van der Waals surface area contributed by atoms with Crippen LogP contribution in [0.25, 0.3) is 11.3 Å². The first-order chi connectivity index (χ1) is 17.3. The Labute approximate surface area is 210 Å². The molecular weight excluding hydrogens is 465 g/mol. The molecule has 1 aliphatic rings. The molecule has 0 amide bonds. The summed E-state index contributed by atoms with van der Waals surface area (Å²) in [4.78, 5) is 4.61. The lowest BCUT2D eigenvalue weighted by atomic mass is 9.74. The van der Waals surface area contributed by atoms with Gasteiger partial charge in [0.05, 0.1) is 23.6 Å². The van der Waals surface area contributed by atoms with Gasteiger partial charge in [0.15, 0.2) is 5.76 Å². The highest BCUT2D eigenvalue weighted by molar-refractivity contribution is 5.64. The molecule has 1 aromatic heterocycles. The molecule has 1 saturated heterocycles. The molecule has 2 heterocycles. The summed E-state index contributed by atoms with van der Waals surface area (Å²) in [6, 6.07) is 19.7. The van der Waals surface area contributed by atoms with Crippen molar-refractivity contribution < 1.29 is 17.7 Å². The number of likely N-dealkylation sites (tertiary alicyclic amines) is 1. The fourth-order valence-corrected chi connectivity index (χ4v) is 4.94. The van der Waals surface area contributed by atoms with E-state index in [1.807, 2.05) is 18.2 Å². The second-order valence-corrected chi connectivity index (χ2v) is 9.35. The predicted molar refractivity (Wildman–Crippen MR) is 132 cm³/mol. The highest BCUT2D eigenvalue weighted by Crippen LogP contribution is 2.37. The summed E-state index contributed by atoms with van der Waals surface area (Å²) in [5, 5.41) is 13.8. The second-order valence-electron chi connectivity index (χ2n) is 9.35. The van der Waals surface area contributed by atoms with Crippen LogP contribution >= 0.6 is 0 Å². The van der Waals surface area contributed by atoms with E-state index in [-0.39, 0.29) is 11.3 Å². The molecule has 0 aliphatic carbocycles. The average Bonchev–Trinajstić information content (AvgIpc) is 3.37. The minimum atomic E-state index is -4.45. The first-order valence-electron chi connectivity index (χ1n) is 12.4. The van der Waals surface area contributed by atoms with Crippen LogP contribution in [0.3, 0.4) is 0 Å². The number of aromatic nitrogens is 1. The molecule has 3 aromatic rings. The fraction of sp³-hybridized carbons (Fsp3) is 0.429. The minimum Gasteiger partial charge on any atom is -0.359 e. The Bertz CT molecular complexity index is 1160. The number of rotatable bonds is 9. The van der Waals surface area contributed by atoms with Gasteiger partial charge in [0, 0.05) is 11.6 Å². The van der Waals surface area contributed by atoms with E-state index >= 15 is 0 Å². The predicted octanol–water partition coefficient (Wildman–Crippen LogP) is 6.13. The van der Waals surface area contributed by atoms with Gasteiger partial charge in [0.2, 0.25) is 0 Å². The summed E-state index contributed by atoms with van der Waals surface area (Å²) in [6.07, 6.45) is -1.85. The van der Waals surface area contributed by atoms with E-state index in [0.29, 0.717) is 12.3 Å². The van der Waals surface area contributed by atoms with E-state index in [1.54, 1.807) is 12.1 Å². The van der Waals surface area contributed by atoms with Crippen molar-refractivity contribution >= 4 is 0 Å². The fourth-order valence-electron chi connectivity index (χ4n) is 4.94. The molecule has 0 bridgehead atoms. The first kappa shape index (κ1) is 25.9. The van der Waals surface area contributed by atoms with Crippen LogP contribution in [0.1, 0.15) is 43.1 Å². The monoisotopic (exact) mass is 496 g/mol. The summed E-state index contributed by atoms with van der Waals surface area (Å²) < 4.78 is 45.5. The minimum absolute atomic E-state index is 0.0251. The van der Waals surface area contributed by atoms with Crippen molar-refractivity contribution in [3.63, 3.8) is 0 Å². The Morgan fingerprint density at radius 3 is 2.44 bits per heavy atom. The van der Waals surface area contributed by atoms with Crippen molar-refractivity contribution in [1.29, 1.82) is 5.26 Å². The third kappa shape index (κ3) is 5.97. The molecule has 1 aliphatic heterocycles. The summed E-state index contributed by atoms with van der Waals surface area (Å²) >= 11 is 0. The Balaban J connectivity index is 1.28. The van der Waals surface area contributed by atoms with Gasteiger partial charge in [0.25, 0.3) is 0 Å². The molecule has 8 heteroatoms. The number of alkyl halides is 3. The third-order valence-corrected chi connectivity index (χ3v) is 7.09. The Kier molecular flexibility index (Phi) is 8.12. The van der Waals surface area contributed by atoms with E-state index in [1.165, 1.54) is 12.1 Å². The van der Waals surface area contributed by atoms with E-state index in [9.17, 15) is 18.4 Å². The highest BCUT2D eigenvalue weighted by Gasteiger charge is 2.36. The van der Waals surface area contributed by atoms with Gasteiger partial charge in [-0.05, 0) is 63.6 Å². The van der Waals surface area contributed by atoms with E-state index in [4.69, 9.17) is 4.52 Å². The smallest absolute Gasteiger partial charge is 0.359 e. The molecule has 0 atom stereocenters. The summed E-state index contributed by atoms with van der Waals surface area (Å²) in [7, 11) is 0. The molecule has 0 N–H and O–H groups in total. The number of hydrogen-bond donors (Lipinski definition) is 0. The zero-order chi connectivity index (χ0) is 25.6. The standard InChI is InChI=1S/C28H31F3N4O/c1-2-34(20-23-19-26(33-36-23)24-11-6-7-12-25(24)28(29,30)31)15-8-16-35-17-13-27(21-32,14-18-35)22-9-4-3-5-10-22/h3-7,9-12,19H,2,8,13-18,20H2,1H3. The van der Waals surface area contributed by atoms with Crippen molar-refractivity contribution in [2.45, 2.75) is 44.3 Å². The molecular formula is C28H31F3N4O. The zero-order valence-corrected chi connectivity index (χ0v) is 20.5. The molecule has 0 radical (unpaired) electrons. The lowest BCUT2D eigenvalue weighted by molar-refractivity contribution is -0.137. The number of halogens is 3. The van der Waals surface area contributed by atoms with Gasteiger partial charge in [-0.3, -0.25) is 4.90 Å². The van der Waals surface area contributed by atoms with Crippen LogP contribution in [-0.2, 0) is 18.1 Å². The third-order valence-electron chi connectivity index (χ3n) is 7.09. The molecule has 36 heavy (non-hydrogen) atoms. The van der Waals surface area contributed by atoms with Crippen LogP contribution in [-0.4, -0.2) is 47.7 Å². The summed E-state index contributed by atoms with van der Waals surface area (Å²) in [5.41, 5.74) is 0.209. The van der Waals surface area contributed by atoms with Crippen molar-refractivity contribution in [3.05, 3.63) is 77.6 Å². The molecule has 190 valence electrons. The Morgan fingerprint density at radius 2 is 1.78 bits per heavy atom. The maximum absolute atomic E-state index is 13.4. The van der Waals surface area contributed by atoms with E-state index in [2.05, 4.69) is 40.1 Å². The van der Waals surface area contributed by atoms with Crippen LogP contribution < -0.4 is 0 Å². The van der Waals surface area contributed by atoms with Gasteiger partial charge < -0.3 is 9.42 Å². The van der Waals surface area contributed by atoms with Crippen LogP contribution in [0.4, 0.5) is 13.2 Å². The maximum atomic E-state index is 13.4. The largest absolute Gasteiger partial charge is 0.417 e. The van der Waals surface area contributed by atoms with Crippen LogP contribution in [0.2, 0.25) is 0 Å². The first-order valence-corrected chi connectivity index (χ1v) is 12.4. The van der Waals surface area contributed by atoms with Crippen LogP contribution in [0.15, 0.2) is 65.2 Å². The van der Waals surface area contributed by atoms with Crippen molar-refractivity contribution in [2.24, 2.45) is 0 Å². The molecule has 0 saturated carbocycles. The average molecular weight is 497 g/mol. The van der Waals surface area contributed by atoms with E-state index < -0.39 is 17.2 Å². The van der Waals surface area contributed by atoms with Crippen molar-refractivity contribution in [1.82, 2.24) is 15.0 Å². The van der Waals surface area contributed by atoms with Gasteiger partial charge in [-0.25, -0.2) is 0 Å². The van der Waals surface area contributed by atoms with Crippen LogP contribution in [0, 0.1) is 11.3 Å². The SMILES string of the molecule is CCN(CCCN1CCC(C#N)(c2ccccc2)CC1)Cc1cc(-c2ccccc2C(F)(F)F)no1. The highest BCUT2D eigenvalue weighted by atomic mass is 19.4. The van der Waals surface area contributed by atoms with E-state index in [0.717, 1.165) is 63.6 Å². The van der Waals surface area contributed by atoms with Gasteiger partial charge >= 0.3 is 6.18 Å². The maximum Gasteiger partial charge on any atom is 0.417 e. The van der Waals surface area contributed by atoms with Gasteiger partial charge in [-0.1, -0.05) is 60.6 Å². The molecule has 1 fully saturated rings. The summed E-state index contributed by atoms with van der Waals surface area (Å²) in [5.74, 6) is 0.545. The normalized spacial score (nSPS) is 16.2. The Morgan fingerprint density at radius 1 is 1.08 bits per heavy atom. The molecule has 2 aromatic carbocycles. The Hall–Kier alpha value is -3.15. The van der Waals surface area contributed by atoms with Gasteiger partial charge in [0.1, 0.15) is 5.69 Å².